The first-order chi connectivity index (χ1) is 11.1. The van der Waals surface area contributed by atoms with Crippen molar-refractivity contribution >= 4 is 29.0 Å². The van der Waals surface area contributed by atoms with Gasteiger partial charge in [0, 0.05) is 16.2 Å². The third kappa shape index (κ3) is 3.59. The van der Waals surface area contributed by atoms with Crippen molar-refractivity contribution in [1.29, 1.82) is 0 Å². The molecular formula is C17H18FNO2S2. The van der Waals surface area contributed by atoms with Crippen molar-refractivity contribution in [3.63, 3.8) is 0 Å². The minimum atomic E-state index is -0.351. The van der Waals surface area contributed by atoms with Gasteiger partial charge in [0.1, 0.15) is 5.82 Å². The van der Waals surface area contributed by atoms with Crippen molar-refractivity contribution in [3.8, 4) is 10.4 Å². The van der Waals surface area contributed by atoms with E-state index in [9.17, 15) is 9.18 Å². The lowest BCUT2D eigenvalue weighted by molar-refractivity contribution is -0.129. The number of benzene rings is 1. The highest BCUT2D eigenvalue weighted by Crippen LogP contribution is 2.50. The Kier molecular flexibility index (Phi) is 5.04. The van der Waals surface area contributed by atoms with Gasteiger partial charge in [0.05, 0.1) is 4.75 Å². The van der Waals surface area contributed by atoms with E-state index in [-0.39, 0.29) is 22.9 Å². The van der Waals surface area contributed by atoms with E-state index in [2.05, 4.69) is 6.07 Å². The molecule has 122 valence electrons. The molecule has 0 bridgehead atoms. The molecule has 0 saturated carbocycles. The van der Waals surface area contributed by atoms with Gasteiger partial charge in [-0.3, -0.25) is 10.0 Å². The number of carbonyl (C=O) groups is 1. The van der Waals surface area contributed by atoms with Crippen molar-refractivity contribution in [2.75, 3.05) is 5.75 Å². The van der Waals surface area contributed by atoms with Gasteiger partial charge >= 0.3 is 0 Å². The molecule has 23 heavy (non-hydrogen) atoms. The monoisotopic (exact) mass is 351 g/mol. The maximum Gasteiger partial charge on any atom is 0.245 e. The van der Waals surface area contributed by atoms with Gasteiger partial charge < -0.3 is 0 Å². The first kappa shape index (κ1) is 16.5. The SMILES string of the molecule is O=C(CC1(c2ccc(-c3ccc(F)cc3)s2)CCCCS1)NO. The Morgan fingerprint density at radius 3 is 2.65 bits per heavy atom. The Balaban J connectivity index is 1.91. The van der Waals surface area contributed by atoms with E-state index in [0.717, 1.165) is 40.3 Å². The summed E-state index contributed by atoms with van der Waals surface area (Å²) in [6.45, 7) is 0. The van der Waals surface area contributed by atoms with Crippen LogP contribution in [-0.4, -0.2) is 16.9 Å². The summed E-state index contributed by atoms with van der Waals surface area (Å²) in [5.41, 5.74) is 2.74. The van der Waals surface area contributed by atoms with Crippen LogP contribution in [0, 0.1) is 5.82 Å². The van der Waals surface area contributed by atoms with Crippen molar-refractivity contribution in [2.24, 2.45) is 0 Å². The molecule has 1 unspecified atom stereocenters. The standard InChI is InChI=1S/C17H18FNO2S2/c18-13-5-3-12(4-6-13)14-7-8-15(23-14)17(11-16(20)19-21)9-1-2-10-22-17/h3-8,21H,1-2,9-11H2,(H,19,20). The lowest BCUT2D eigenvalue weighted by Crippen LogP contribution is -2.32. The van der Waals surface area contributed by atoms with Gasteiger partial charge in [-0.15, -0.1) is 23.1 Å². The molecule has 2 N–H and O–H groups in total. The van der Waals surface area contributed by atoms with Gasteiger partial charge in [-0.1, -0.05) is 18.6 Å². The molecule has 1 aromatic heterocycles. The number of thioether (sulfide) groups is 1. The molecule has 1 atom stereocenters. The number of rotatable bonds is 4. The second-order valence-corrected chi connectivity index (χ2v) is 8.24. The van der Waals surface area contributed by atoms with Gasteiger partial charge in [-0.25, -0.2) is 9.87 Å². The minimum absolute atomic E-state index is 0.246. The number of amides is 1. The summed E-state index contributed by atoms with van der Waals surface area (Å²) in [5, 5.41) is 8.90. The highest BCUT2D eigenvalue weighted by Gasteiger charge is 2.38. The molecule has 0 spiro atoms. The number of thiophene rings is 1. The summed E-state index contributed by atoms with van der Waals surface area (Å²) in [7, 11) is 0. The highest BCUT2D eigenvalue weighted by molar-refractivity contribution is 8.00. The van der Waals surface area contributed by atoms with Crippen molar-refractivity contribution in [2.45, 2.75) is 30.4 Å². The summed E-state index contributed by atoms with van der Waals surface area (Å²) in [5.74, 6) is 0.420. The Hall–Kier alpha value is -1.37. The third-order valence-corrected chi connectivity index (χ3v) is 7.19. The molecule has 2 heterocycles. The van der Waals surface area contributed by atoms with Crippen molar-refractivity contribution in [1.82, 2.24) is 5.48 Å². The van der Waals surface area contributed by atoms with E-state index in [1.807, 2.05) is 6.07 Å². The number of halogens is 1. The molecule has 1 aliphatic rings. The van der Waals surface area contributed by atoms with Crippen LogP contribution < -0.4 is 5.48 Å². The van der Waals surface area contributed by atoms with Crippen LogP contribution in [0.3, 0.4) is 0 Å². The van der Waals surface area contributed by atoms with Crippen LogP contribution in [0.2, 0.25) is 0 Å². The van der Waals surface area contributed by atoms with Gasteiger partial charge in [-0.05, 0) is 48.4 Å². The average Bonchev–Trinajstić information content (AvgIpc) is 3.07. The quantitative estimate of drug-likeness (QED) is 0.627. The Labute approximate surface area is 142 Å². The van der Waals surface area contributed by atoms with Crippen LogP contribution >= 0.6 is 23.1 Å². The van der Waals surface area contributed by atoms with Crippen LogP contribution in [-0.2, 0) is 9.54 Å². The van der Waals surface area contributed by atoms with Crippen LogP contribution in [0.15, 0.2) is 36.4 Å². The number of hydrogen-bond acceptors (Lipinski definition) is 4. The lowest BCUT2D eigenvalue weighted by Gasteiger charge is -2.35. The lowest BCUT2D eigenvalue weighted by atomic mass is 9.94. The zero-order valence-corrected chi connectivity index (χ0v) is 14.2. The molecule has 0 aliphatic carbocycles. The molecule has 1 saturated heterocycles. The Morgan fingerprint density at radius 2 is 2.00 bits per heavy atom. The molecular weight excluding hydrogens is 333 g/mol. The Bertz CT molecular complexity index is 678. The maximum absolute atomic E-state index is 13.1. The predicted molar refractivity (Wildman–Crippen MR) is 92.2 cm³/mol. The topological polar surface area (TPSA) is 49.3 Å². The smallest absolute Gasteiger partial charge is 0.245 e. The molecule has 0 radical (unpaired) electrons. The average molecular weight is 351 g/mol. The first-order valence-electron chi connectivity index (χ1n) is 7.56. The van der Waals surface area contributed by atoms with Gasteiger partial charge in [0.25, 0.3) is 0 Å². The normalized spacial score (nSPS) is 21.1. The first-order valence-corrected chi connectivity index (χ1v) is 9.36. The van der Waals surface area contributed by atoms with E-state index in [1.54, 1.807) is 40.7 Å². The largest absolute Gasteiger partial charge is 0.289 e. The summed E-state index contributed by atoms with van der Waals surface area (Å²) in [6.07, 6.45) is 3.44. The van der Waals surface area contributed by atoms with E-state index >= 15 is 0 Å². The van der Waals surface area contributed by atoms with E-state index in [1.165, 1.54) is 12.1 Å². The molecule has 2 aromatic rings. The molecule has 1 fully saturated rings. The number of hydroxylamine groups is 1. The fraction of sp³-hybridized carbons (Fsp3) is 0.353. The zero-order valence-electron chi connectivity index (χ0n) is 12.5. The zero-order chi connectivity index (χ0) is 16.3. The van der Waals surface area contributed by atoms with Crippen LogP contribution in [0.4, 0.5) is 4.39 Å². The van der Waals surface area contributed by atoms with E-state index < -0.39 is 0 Å². The van der Waals surface area contributed by atoms with Crippen molar-refractivity contribution < 1.29 is 14.4 Å². The highest BCUT2D eigenvalue weighted by atomic mass is 32.2. The second-order valence-electron chi connectivity index (χ2n) is 5.68. The number of carbonyl (C=O) groups excluding carboxylic acids is 1. The van der Waals surface area contributed by atoms with Gasteiger partial charge in [0.15, 0.2) is 0 Å². The fourth-order valence-corrected chi connectivity index (χ4v) is 5.82. The molecule has 3 nitrogen and oxygen atoms in total. The van der Waals surface area contributed by atoms with Crippen LogP contribution in [0.5, 0.6) is 0 Å². The number of hydrogen-bond donors (Lipinski definition) is 2. The van der Waals surface area contributed by atoms with Gasteiger partial charge in [0.2, 0.25) is 5.91 Å². The van der Waals surface area contributed by atoms with E-state index in [0.29, 0.717) is 0 Å². The molecule has 1 aliphatic heterocycles. The summed E-state index contributed by atoms with van der Waals surface area (Å²) in [4.78, 5) is 14.0. The summed E-state index contributed by atoms with van der Waals surface area (Å²) in [6, 6.07) is 10.5. The summed E-state index contributed by atoms with van der Waals surface area (Å²) < 4.78 is 12.8. The molecule has 3 rings (SSSR count). The van der Waals surface area contributed by atoms with Crippen LogP contribution in [0.25, 0.3) is 10.4 Å². The number of nitrogens with one attached hydrogen (secondary N) is 1. The third-order valence-electron chi connectivity index (χ3n) is 4.11. The predicted octanol–water partition coefficient (Wildman–Crippen LogP) is 4.56. The van der Waals surface area contributed by atoms with E-state index in [4.69, 9.17) is 5.21 Å². The maximum atomic E-state index is 13.1. The van der Waals surface area contributed by atoms with Gasteiger partial charge in [-0.2, -0.15) is 0 Å². The molecule has 1 aromatic carbocycles. The van der Waals surface area contributed by atoms with Crippen molar-refractivity contribution in [3.05, 3.63) is 47.1 Å². The molecule has 6 heteroatoms. The Morgan fingerprint density at radius 1 is 1.22 bits per heavy atom. The fourth-order valence-electron chi connectivity index (χ4n) is 2.92. The second kappa shape index (κ2) is 7.03. The molecule has 1 amide bonds. The van der Waals surface area contributed by atoms with Crippen LogP contribution in [0.1, 0.15) is 30.6 Å². The summed E-state index contributed by atoms with van der Waals surface area (Å²) >= 11 is 3.44. The minimum Gasteiger partial charge on any atom is -0.289 e.